The number of hydrogen-bond donors (Lipinski definition) is 0. The van der Waals surface area contributed by atoms with Crippen LogP contribution in [-0.4, -0.2) is 11.8 Å². The zero-order valence-corrected chi connectivity index (χ0v) is 10.00. The summed E-state index contributed by atoms with van der Waals surface area (Å²) in [5.41, 5.74) is 1.72. The lowest BCUT2D eigenvalue weighted by atomic mass is 10.1. The topological polar surface area (TPSA) is 43.4 Å². The van der Waals surface area contributed by atoms with Crippen LogP contribution in [0.5, 0.6) is 0 Å². The minimum atomic E-state index is -0.414. The minimum Gasteiger partial charge on any atom is -0.422 e. The fourth-order valence-electron chi connectivity index (χ4n) is 2.00. The Bertz CT molecular complexity index is 684. The fourth-order valence-corrected chi connectivity index (χ4v) is 2.00. The van der Waals surface area contributed by atoms with Crippen LogP contribution in [0.4, 0.5) is 0 Å². The molecule has 1 aliphatic rings. The van der Waals surface area contributed by atoms with E-state index in [0.717, 1.165) is 0 Å². The second kappa shape index (κ2) is 4.53. The molecule has 0 aliphatic carbocycles. The number of benzene rings is 2. The Morgan fingerprint density at radius 2 is 1.53 bits per heavy atom. The molecule has 0 saturated carbocycles. The maximum absolute atomic E-state index is 12.0. The molecule has 3 heteroatoms. The van der Waals surface area contributed by atoms with Crippen molar-refractivity contribution >= 4 is 17.5 Å². The predicted molar refractivity (Wildman–Crippen MR) is 70.6 cm³/mol. The highest BCUT2D eigenvalue weighted by atomic mass is 16.5. The number of allylic oxidation sites excluding steroid dienone is 1. The Hall–Kier alpha value is -2.68. The van der Waals surface area contributed by atoms with Crippen molar-refractivity contribution < 1.29 is 14.3 Å². The molecule has 0 fully saturated rings. The van der Waals surface area contributed by atoms with Crippen molar-refractivity contribution in [3.8, 4) is 0 Å². The van der Waals surface area contributed by atoms with E-state index in [-0.39, 0.29) is 5.78 Å². The lowest BCUT2D eigenvalue weighted by Crippen LogP contribution is -1.96. The molecule has 3 nitrogen and oxygen atoms in total. The molecule has 1 aliphatic heterocycles. The highest BCUT2D eigenvalue weighted by Crippen LogP contribution is 2.29. The molecule has 19 heavy (non-hydrogen) atoms. The second-order valence-electron chi connectivity index (χ2n) is 4.17. The fraction of sp³-hybridized carbons (Fsp3) is 0. The third kappa shape index (κ3) is 2.06. The van der Waals surface area contributed by atoms with Crippen molar-refractivity contribution in [2.24, 2.45) is 0 Å². The van der Waals surface area contributed by atoms with Crippen molar-refractivity contribution in [3.63, 3.8) is 0 Å². The zero-order valence-electron chi connectivity index (χ0n) is 10.00. The van der Waals surface area contributed by atoms with E-state index in [9.17, 15) is 9.59 Å². The smallest absolute Gasteiger partial charge is 0.344 e. The van der Waals surface area contributed by atoms with E-state index in [2.05, 4.69) is 0 Å². The number of hydrogen-bond acceptors (Lipinski definition) is 3. The second-order valence-corrected chi connectivity index (χ2v) is 4.17. The van der Waals surface area contributed by atoms with Gasteiger partial charge in [0.1, 0.15) is 5.76 Å². The van der Waals surface area contributed by atoms with Gasteiger partial charge in [-0.2, -0.15) is 0 Å². The number of rotatable bonds is 2. The van der Waals surface area contributed by atoms with Gasteiger partial charge in [-0.3, -0.25) is 4.79 Å². The van der Waals surface area contributed by atoms with Crippen molar-refractivity contribution in [3.05, 3.63) is 77.4 Å². The van der Waals surface area contributed by atoms with Crippen molar-refractivity contribution in [1.82, 2.24) is 0 Å². The molecule has 3 rings (SSSR count). The Labute approximate surface area is 110 Å². The molecule has 0 aromatic heterocycles. The van der Waals surface area contributed by atoms with Crippen LogP contribution in [0.2, 0.25) is 0 Å². The summed E-state index contributed by atoms with van der Waals surface area (Å²) in [6.45, 7) is 0. The van der Waals surface area contributed by atoms with Gasteiger partial charge >= 0.3 is 5.97 Å². The Kier molecular flexibility index (Phi) is 2.72. The van der Waals surface area contributed by atoms with E-state index in [1.807, 2.05) is 12.1 Å². The summed E-state index contributed by atoms with van der Waals surface area (Å²) in [4.78, 5) is 23.7. The van der Waals surface area contributed by atoms with Crippen molar-refractivity contribution in [2.75, 3.05) is 0 Å². The molecular weight excluding hydrogens is 240 g/mol. The van der Waals surface area contributed by atoms with E-state index in [1.165, 1.54) is 6.08 Å². The molecule has 0 amide bonds. The van der Waals surface area contributed by atoms with Crippen LogP contribution in [0.15, 0.2) is 60.7 Å². The van der Waals surface area contributed by atoms with Gasteiger partial charge in [-0.1, -0.05) is 48.5 Å². The van der Waals surface area contributed by atoms with Gasteiger partial charge in [-0.15, -0.1) is 0 Å². The SMILES string of the molecule is O=C(/C=C1/OC(=O)c2ccccc21)c1ccccc1. The van der Waals surface area contributed by atoms with Crippen LogP contribution < -0.4 is 0 Å². The number of esters is 1. The number of ether oxygens (including phenoxy) is 1. The molecule has 92 valence electrons. The van der Waals surface area contributed by atoms with Crippen LogP contribution in [0.3, 0.4) is 0 Å². The minimum absolute atomic E-state index is 0.180. The normalized spacial score (nSPS) is 15.2. The highest BCUT2D eigenvalue weighted by molar-refractivity contribution is 6.12. The summed E-state index contributed by atoms with van der Waals surface area (Å²) in [7, 11) is 0. The predicted octanol–water partition coefficient (Wildman–Crippen LogP) is 3.08. The Morgan fingerprint density at radius 1 is 0.895 bits per heavy atom. The van der Waals surface area contributed by atoms with Crippen LogP contribution in [-0.2, 0) is 4.74 Å². The number of fused-ring (bicyclic) bond motifs is 1. The van der Waals surface area contributed by atoms with Gasteiger partial charge in [0.2, 0.25) is 0 Å². The van der Waals surface area contributed by atoms with Crippen LogP contribution >= 0.6 is 0 Å². The third-order valence-electron chi connectivity index (χ3n) is 2.94. The van der Waals surface area contributed by atoms with E-state index in [0.29, 0.717) is 22.4 Å². The first kappa shape index (κ1) is 11.4. The van der Waals surface area contributed by atoms with Gasteiger partial charge in [-0.05, 0) is 6.07 Å². The summed E-state index contributed by atoms with van der Waals surface area (Å²) < 4.78 is 5.13. The molecule has 0 atom stereocenters. The molecule has 2 aromatic carbocycles. The summed E-state index contributed by atoms with van der Waals surface area (Å²) >= 11 is 0. The summed E-state index contributed by atoms with van der Waals surface area (Å²) in [6, 6.07) is 15.9. The molecular formula is C16H10O3. The van der Waals surface area contributed by atoms with Gasteiger partial charge in [0.25, 0.3) is 0 Å². The van der Waals surface area contributed by atoms with E-state index in [1.54, 1.807) is 42.5 Å². The van der Waals surface area contributed by atoms with Crippen LogP contribution in [0, 0.1) is 0 Å². The zero-order chi connectivity index (χ0) is 13.2. The van der Waals surface area contributed by atoms with Gasteiger partial charge in [0.05, 0.1) is 5.56 Å². The quantitative estimate of drug-likeness (QED) is 0.467. The molecule has 1 heterocycles. The maximum Gasteiger partial charge on any atom is 0.344 e. The molecule has 0 spiro atoms. The van der Waals surface area contributed by atoms with E-state index in [4.69, 9.17) is 4.74 Å². The third-order valence-corrected chi connectivity index (χ3v) is 2.94. The molecule has 0 unspecified atom stereocenters. The van der Waals surface area contributed by atoms with Crippen molar-refractivity contribution in [2.45, 2.75) is 0 Å². The van der Waals surface area contributed by atoms with Gasteiger partial charge in [0.15, 0.2) is 5.78 Å². The van der Waals surface area contributed by atoms with E-state index < -0.39 is 5.97 Å². The lowest BCUT2D eigenvalue weighted by molar-refractivity contribution is 0.0715. The Balaban J connectivity index is 1.99. The molecule has 0 saturated heterocycles. The first-order valence-corrected chi connectivity index (χ1v) is 5.88. The molecule has 0 bridgehead atoms. The first-order chi connectivity index (χ1) is 9.25. The monoisotopic (exact) mass is 250 g/mol. The number of carbonyl (C=O) groups is 2. The van der Waals surface area contributed by atoms with Gasteiger partial charge in [-0.25, -0.2) is 4.79 Å². The average molecular weight is 250 g/mol. The van der Waals surface area contributed by atoms with Crippen molar-refractivity contribution in [1.29, 1.82) is 0 Å². The highest BCUT2D eigenvalue weighted by Gasteiger charge is 2.26. The summed E-state index contributed by atoms with van der Waals surface area (Å²) in [5.74, 6) is -0.280. The molecule has 0 radical (unpaired) electrons. The number of ketones is 1. The number of carbonyl (C=O) groups excluding carboxylic acids is 2. The largest absolute Gasteiger partial charge is 0.422 e. The Morgan fingerprint density at radius 3 is 2.26 bits per heavy atom. The van der Waals surface area contributed by atoms with Crippen LogP contribution in [0.1, 0.15) is 26.3 Å². The summed E-state index contributed by atoms with van der Waals surface area (Å²) in [6.07, 6.45) is 1.36. The average Bonchev–Trinajstić information content (AvgIpc) is 2.77. The van der Waals surface area contributed by atoms with Crippen LogP contribution in [0.25, 0.3) is 5.76 Å². The van der Waals surface area contributed by atoms with Gasteiger partial charge < -0.3 is 4.74 Å². The first-order valence-electron chi connectivity index (χ1n) is 5.88. The standard InChI is InChI=1S/C16H10O3/c17-14(11-6-2-1-3-7-11)10-15-12-8-4-5-9-13(12)16(18)19-15/h1-10H/b15-10+. The number of cyclic esters (lactones) is 1. The maximum atomic E-state index is 12.0. The lowest BCUT2D eigenvalue weighted by Gasteiger charge is -1.98. The molecule has 0 N–H and O–H groups in total. The van der Waals surface area contributed by atoms with E-state index >= 15 is 0 Å². The van der Waals surface area contributed by atoms with Gasteiger partial charge in [0, 0.05) is 17.2 Å². The summed E-state index contributed by atoms with van der Waals surface area (Å²) in [5, 5.41) is 0. The molecule has 2 aromatic rings.